The molecule has 3 aromatic heterocycles. The molecule has 1 saturated heterocycles. The first-order valence-corrected chi connectivity index (χ1v) is 14.6. The van der Waals surface area contributed by atoms with Crippen LogP contribution in [0, 0.1) is 5.92 Å². The second kappa shape index (κ2) is 9.99. The third kappa shape index (κ3) is 6.06. The maximum atomic E-state index is 12.5. The summed E-state index contributed by atoms with van der Waals surface area (Å²) in [7, 11) is -3.58. The molecule has 5 heterocycles. The second-order valence-electron chi connectivity index (χ2n) is 10.7. The van der Waals surface area contributed by atoms with Crippen molar-refractivity contribution in [2.24, 2.45) is 5.92 Å². The van der Waals surface area contributed by atoms with Crippen LogP contribution in [0.15, 0.2) is 41.6 Å². The van der Waals surface area contributed by atoms with Gasteiger partial charge in [0.2, 0.25) is 5.91 Å². The molecule has 3 aromatic rings. The Kier molecular flexibility index (Phi) is 6.83. The van der Waals surface area contributed by atoms with E-state index in [2.05, 4.69) is 37.4 Å². The Morgan fingerprint density at radius 3 is 2.64 bits per heavy atom. The predicted octanol–water partition coefficient (Wildman–Crippen LogP) is 4.04. The van der Waals surface area contributed by atoms with E-state index in [9.17, 15) is 13.2 Å². The van der Waals surface area contributed by atoms with Gasteiger partial charge in [0.05, 0.1) is 11.4 Å². The van der Waals surface area contributed by atoms with Crippen LogP contribution < -0.4 is 25.0 Å². The standard InChI is InChI=1S/C27H32N6O5S/c1-16-8-9-33(14-16)18-10-24(32-25(11-18)39(5,35)36)30-21-12-23(29-17(2)34)28-13-19(21)20-6-7-22-26(31-20)37-15-27(3,4)38-22/h6-7,10-13,16H,8-9,14-15H2,1-5H3,(H2,28,29,30,32,34)/t16-/m0/s1. The Morgan fingerprint density at radius 2 is 1.95 bits per heavy atom. The minimum absolute atomic E-state index is 0.0280. The highest BCUT2D eigenvalue weighted by Crippen LogP contribution is 2.38. The van der Waals surface area contributed by atoms with Crippen LogP contribution in [-0.2, 0) is 14.6 Å². The van der Waals surface area contributed by atoms with Crippen LogP contribution >= 0.6 is 0 Å². The molecule has 1 amide bonds. The van der Waals surface area contributed by atoms with Crippen LogP contribution in [0.1, 0.15) is 34.1 Å². The number of anilines is 4. The van der Waals surface area contributed by atoms with Crippen molar-refractivity contribution in [2.45, 2.75) is 44.7 Å². The van der Waals surface area contributed by atoms with E-state index in [0.29, 0.717) is 52.7 Å². The molecule has 39 heavy (non-hydrogen) atoms. The third-order valence-electron chi connectivity index (χ3n) is 6.47. The molecule has 0 radical (unpaired) electrons. The number of fused-ring (bicyclic) bond motifs is 1. The minimum Gasteiger partial charge on any atom is -0.479 e. The lowest BCUT2D eigenvalue weighted by Gasteiger charge is -2.31. The Bertz CT molecular complexity index is 1540. The molecule has 0 aliphatic carbocycles. The van der Waals surface area contributed by atoms with E-state index < -0.39 is 15.4 Å². The fourth-order valence-corrected chi connectivity index (χ4v) is 5.17. The molecule has 0 bridgehead atoms. The quantitative estimate of drug-likeness (QED) is 0.461. The van der Waals surface area contributed by atoms with Crippen molar-refractivity contribution in [3.8, 4) is 22.9 Å². The molecular weight excluding hydrogens is 520 g/mol. The van der Waals surface area contributed by atoms with Crippen LogP contribution in [0.4, 0.5) is 23.0 Å². The van der Waals surface area contributed by atoms with Gasteiger partial charge in [-0.2, -0.15) is 0 Å². The minimum atomic E-state index is -3.58. The topological polar surface area (TPSA) is 136 Å². The Balaban J connectivity index is 1.57. The molecule has 5 rings (SSSR count). The highest BCUT2D eigenvalue weighted by molar-refractivity contribution is 7.90. The zero-order chi connectivity index (χ0) is 27.9. The van der Waals surface area contributed by atoms with Crippen molar-refractivity contribution in [1.82, 2.24) is 15.0 Å². The highest BCUT2D eigenvalue weighted by Gasteiger charge is 2.29. The summed E-state index contributed by atoms with van der Waals surface area (Å²) in [5.41, 5.74) is 1.98. The van der Waals surface area contributed by atoms with Crippen molar-refractivity contribution in [2.75, 3.05) is 41.5 Å². The van der Waals surface area contributed by atoms with Gasteiger partial charge in [0.25, 0.3) is 5.88 Å². The number of pyridine rings is 3. The largest absolute Gasteiger partial charge is 0.479 e. The first-order valence-electron chi connectivity index (χ1n) is 12.7. The van der Waals surface area contributed by atoms with Crippen molar-refractivity contribution < 1.29 is 22.7 Å². The lowest BCUT2D eigenvalue weighted by Crippen LogP contribution is -2.39. The SMILES string of the molecule is CC(=O)Nc1cc(Nc2cc(N3CC[C@H](C)C3)cc(S(C)(=O)=O)n2)c(-c2ccc3c(n2)OCC(C)(C)O3)cn1. The average Bonchev–Trinajstić information content (AvgIpc) is 3.29. The number of aromatic nitrogens is 3. The molecule has 206 valence electrons. The van der Waals surface area contributed by atoms with E-state index in [1.807, 2.05) is 19.9 Å². The number of nitrogens with zero attached hydrogens (tertiary/aromatic N) is 4. The monoisotopic (exact) mass is 552 g/mol. The van der Waals surface area contributed by atoms with E-state index in [1.165, 1.54) is 6.92 Å². The van der Waals surface area contributed by atoms with Crippen molar-refractivity contribution >= 4 is 38.8 Å². The third-order valence-corrected chi connectivity index (χ3v) is 7.44. The number of nitrogens with one attached hydrogen (secondary N) is 2. The lowest BCUT2D eigenvalue weighted by atomic mass is 10.1. The fourth-order valence-electron chi connectivity index (χ4n) is 4.58. The Morgan fingerprint density at radius 1 is 1.15 bits per heavy atom. The van der Waals surface area contributed by atoms with Crippen molar-refractivity contribution in [3.63, 3.8) is 0 Å². The number of hydrogen-bond donors (Lipinski definition) is 2. The zero-order valence-corrected chi connectivity index (χ0v) is 23.4. The second-order valence-corrected chi connectivity index (χ2v) is 12.7. The molecule has 1 fully saturated rings. The summed E-state index contributed by atoms with van der Waals surface area (Å²) < 4.78 is 36.9. The molecule has 2 N–H and O–H groups in total. The van der Waals surface area contributed by atoms with Gasteiger partial charge in [0.15, 0.2) is 20.6 Å². The van der Waals surface area contributed by atoms with Gasteiger partial charge in [-0.25, -0.2) is 23.4 Å². The normalized spacial score (nSPS) is 18.1. The van der Waals surface area contributed by atoms with E-state index in [0.717, 1.165) is 31.5 Å². The first kappa shape index (κ1) is 26.7. The van der Waals surface area contributed by atoms with Gasteiger partial charge in [-0.15, -0.1) is 0 Å². The number of ether oxygens (including phenoxy) is 2. The number of carbonyl (C=O) groups excluding carboxylic acids is 1. The maximum Gasteiger partial charge on any atom is 0.257 e. The van der Waals surface area contributed by atoms with Gasteiger partial charge >= 0.3 is 0 Å². The van der Waals surface area contributed by atoms with Gasteiger partial charge in [-0.1, -0.05) is 6.92 Å². The molecule has 2 aliphatic heterocycles. The Hall–Kier alpha value is -3.93. The van der Waals surface area contributed by atoms with Crippen molar-refractivity contribution in [1.29, 1.82) is 0 Å². The van der Waals surface area contributed by atoms with E-state index >= 15 is 0 Å². The number of amides is 1. The van der Waals surface area contributed by atoms with Crippen LogP contribution in [0.2, 0.25) is 0 Å². The van der Waals surface area contributed by atoms with Crippen molar-refractivity contribution in [3.05, 3.63) is 36.5 Å². The fraction of sp³-hybridized carbons (Fsp3) is 0.407. The van der Waals surface area contributed by atoms with Crippen LogP contribution in [0.5, 0.6) is 11.6 Å². The molecule has 0 unspecified atom stereocenters. The summed E-state index contributed by atoms with van der Waals surface area (Å²) in [5, 5.41) is 5.92. The van der Waals surface area contributed by atoms with Gasteiger partial charge in [0, 0.05) is 55.8 Å². The highest BCUT2D eigenvalue weighted by atomic mass is 32.2. The lowest BCUT2D eigenvalue weighted by molar-refractivity contribution is -0.114. The first-order chi connectivity index (χ1) is 18.4. The summed E-state index contributed by atoms with van der Waals surface area (Å²) in [6.45, 7) is 9.45. The number of sulfone groups is 1. The van der Waals surface area contributed by atoms with Gasteiger partial charge < -0.3 is 25.0 Å². The smallest absolute Gasteiger partial charge is 0.257 e. The molecule has 11 nitrogen and oxygen atoms in total. The van der Waals surface area contributed by atoms with Gasteiger partial charge in [-0.05, 0) is 44.4 Å². The summed E-state index contributed by atoms with van der Waals surface area (Å²) in [5.74, 6) is 1.80. The van der Waals surface area contributed by atoms with Crippen LogP contribution in [-0.4, -0.2) is 60.8 Å². The van der Waals surface area contributed by atoms with Gasteiger partial charge in [0.1, 0.15) is 23.8 Å². The zero-order valence-electron chi connectivity index (χ0n) is 22.6. The number of hydrogen-bond acceptors (Lipinski definition) is 10. The van der Waals surface area contributed by atoms with E-state index in [4.69, 9.17) is 9.47 Å². The molecule has 0 aromatic carbocycles. The maximum absolute atomic E-state index is 12.5. The summed E-state index contributed by atoms with van der Waals surface area (Å²) in [6, 6.07) is 8.68. The predicted molar refractivity (Wildman–Crippen MR) is 149 cm³/mol. The molecule has 12 heteroatoms. The molecular formula is C27H32N6O5S. The molecule has 2 aliphatic rings. The number of rotatable bonds is 6. The summed E-state index contributed by atoms with van der Waals surface area (Å²) >= 11 is 0. The molecule has 0 spiro atoms. The van der Waals surface area contributed by atoms with Crippen LogP contribution in [0.3, 0.4) is 0 Å². The Labute approximate surface area is 227 Å². The van der Waals surface area contributed by atoms with Gasteiger partial charge in [-0.3, -0.25) is 4.79 Å². The molecule has 1 atom stereocenters. The average molecular weight is 553 g/mol. The van der Waals surface area contributed by atoms with E-state index in [1.54, 1.807) is 30.5 Å². The van der Waals surface area contributed by atoms with E-state index in [-0.39, 0.29) is 10.9 Å². The summed E-state index contributed by atoms with van der Waals surface area (Å²) in [6.07, 6.45) is 3.75. The van der Waals surface area contributed by atoms with Crippen LogP contribution in [0.25, 0.3) is 11.3 Å². The summed E-state index contributed by atoms with van der Waals surface area (Å²) in [4.78, 5) is 27.3. The number of carbonyl (C=O) groups is 1. The molecule has 0 saturated carbocycles.